The average molecular weight is 343 g/mol. The summed E-state index contributed by atoms with van der Waals surface area (Å²) in [6.45, 7) is 1.74. The number of carbonyl (C=O) groups is 1. The van der Waals surface area contributed by atoms with E-state index in [1.165, 1.54) is 6.07 Å². The van der Waals surface area contributed by atoms with E-state index >= 15 is 0 Å². The van der Waals surface area contributed by atoms with E-state index < -0.39 is 17.5 Å². The van der Waals surface area contributed by atoms with Crippen molar-refractivity contribution in [3.63, 3.8) is 0 Å². The Morgan fingerprint density at radius 3 is 2.30 bits per heavy atom. The van der Waals surface area contributed by atoms with E-state index in [0.717, 1.165) is 17.7 Å². The van der Waals surface area contributed by atoms with Crippen LogP contribution < -0.4 is 0 Å². The molecule has 20 heavy (non-hydrogen) atoms. The third kappa shape index (κ3) is 2.93. The summed E-state index contributed by atoms with van der Waals surface area (Å²) in [5.41, 5.74) is 0.293. The van der Waals surface area contributed by atoms with Crippen LogP contribution in [0.5, 0.6) is 0 Å². The molecule has 104 valence electrons. The summed E-state index contributed by atoms with van der Waals surface area (Å²) in [5.74, 6) is -0.430. The van der Waals surface area contributed by atoms with Crippen molar-refractivity contribution in [1.29, 1.82) is 0 Å². The van der Waals surface area contributed by atoms with Crippen molar-refractivity contribution in [2.24, 2.45) is 0 Å². The van der Waals surface area contributed by atoms with Crippen LogP contribution in [-0.4, -0.2) is 5.78 Å². The fourth-order valence-electron chi connectivity index (χ4n) is 1.85. The SMILES string of the molecule is Cc1ccccc1C(=O)c1cc(C(F)(F)F)ccc1Br. The summed E-state index contributed by atoms with van der Waals surface area (Å²) in [6, 6.07) is 9.86. The van der Waals surface area contributed by atoms with Gasteiger partial charge < -0.3 is 0 Å². The molecule has 0 saturated heterocycles. The van der Waals surface area contributed by atoms with Gasteiger partial charge in [0, 0.05) is 15.6 Å². The lowest BCUT2D eigenvalue weighted by molar-refractivity contribution is -0.137. The van der Waals surface area contributed by atoms with Crippen LogP contribution in [0.25, 0.3) is 0 Å². The third-order valence-corrected chi connectivity index (χ3v) is 3.62. The molecule has 2 aromatic rings. The molecule has 2 rings (SSSR count). The normalized spacial score (nSPS) is 11.4. The molecule has 0 aromatic heterocycles. The smallest absolute Gasteiger partial charge is 0.289 e. The van der Waals surface area contributed by atoms with Gasteiger partial charge in [-0.1, -0.05) is 40.2 Å². The van der Waals surface area contributed by atoms with Gasteiger partial charge in [-0.25, -0.2) is 0 Å². The van der Waals surface area contributed by atoms with Gasteiger partial charge in [0.25, 0.3) is 0 Å². The van der Waals surface area contributed by atoms with Crippen molar-refractivity contribution >= 4 is 21.7 Å². The lowest BCUT2D eigenvalue weighted by atomic mass is 9.98. The number of benzene rings is 2. The molecule has 0 heterocycles. The molecule has 0 unspecified atom stereocenters. The Morgan fingerprint density at radius 1 is 1.05 bits per heavy atom. The van der Waals surface area contributed by atoms with Gasteiger partial charge in [0.05, 0.1) is 5.56 Å². The summed E-state index contributed by atoms with van der Waals surface area (Å²) in [5, 5.41) is 0. The number of halogens is 4. The molecular formula is C15H10BrF3O. The minimum Gasteiger partial charge on any atom is -0.289 e. The molecule has 0 atom stereocenters. The Morgan fingerprint density at radius 2 is 1.70 bits per heavy atom. The zero-order chi connectivity index (χ0) is 14.9. The van der Waals surface area contributed by atoms with Crippen molar-refractivity contribution in [3.05, 3.63) is 69.2 Å². The van der Waals surface area contributed by atoms with Gasteiger partial charge in [-0.15, -0.1) is 0 Å². The van der Waals surface area contributed by atoms with E-state index in [-0.39, 0.29) is 5.56 Å². The molecule has 0 bridgehead atoms. The highest BCUT2D eigenvalue weighted by Crippen LogP contribution is 2.32. The summed E-state index contributed by atoms with van der Waals surface area (Å²) in [4.78, 5) is 12.4. The first-order valence-electron chi connectivity index (χ1n) is 5.78. The number of hydrogen-bond acceptors (Lipinski definition) is 1. The molecule has 2 aromatic carbocycles. The van der Waals surface area contributed by atoms with Crippen LogP contribution in [0.3, 0.4) is 0 Å². The minimum atomic E-state index is -4.47. The van der Waals surface area contributed by atoms with Gasteiger partial charge in [0.2, 0.25) is 0 Å². The lowest BCUT2D eigenvalue weighted by Gasteiger charge is -2.11. The van der Waals surface area contributed by atoms with Crippen molar-refractivity contribution in [1.82, 2.24) is 0 Å². The second kappa shape index (κ2) is 5.40. The van der Waals surface area contributed by atoms with E-state index in [1.54, 1.807) is 31.2 Å². The van der Waals surface area contributed by atoms with Gasteiger partial charge in [0.15, 0.2) is 5.78 Å². The predicted octanol–water partition coefficient (Wildman–Crippen LogP) is 5.01. The van der Waals surface area contributed by atoms with Crippen LogP contribution in [0, 0.1) is 6.92 Å². The molecule has 0 aliphatic rings. The number of carbonyl (C=O) groups excluding carboxylic acids is 1. The van der Waals surface area contributed by atoms with Gasteiger partial charge in [0.1, 0.15) is 0 Å². The van der Waals surface area contributed by atoms with Gasteiger partial charge in [-0.05, 0) is 30.7 Å². The van der Waals surface area contributed by atoms with Gasteiger partial charge in [-0.2, -0.15) is 13.2 Å². The number of ketones is 1. The van der Waals surface area contributed by atoms with Gasteiger partial charge >= 0.3 is 6.18 Å². The van der Waals surface area contributed by atoms with E-state index in [2.05, 4.69) is 15.9 Å². The predicted molar refractivity (Wildman–Crippen MR) is 73.8 cm³/mol. The quantitative estimate of drug-likeness (QED) is 0.701. The Hall–Kier alpha value is -1.62. The lowest BCUT2D eigenvalue weighted by Crippen LogP contribution is -2.09. The molecular weight excluding hydrogens is 333 g/mol. The first-order valence-corrected chi connectivity index (χ1v) is 6.57. The van der Waals surface area contributed by atoms with Crippen LogP contribution in [0.4, 0.5) is 13.2 Å². The van der Waals surface area contributed by atoms with E-state index in [1.807, 2.05) is 0 Å². The summed E-state index contributed by atoms with van der Waals surface area (Å²) in [7, 11) is 0. The summed E-state index contributed by atoms with van der Waals surface area (Å²) >= 11 is 3.13. The molecule has 0 aliphatic heterocycles. The van der Waals surface area contributed by atoms with Crippen molar-refractivity contribution < 1.29 is 18.0 Å². The minimum absolute atomic E-state index is 0.00845. The Balaban J connectivity index is 2.53. The summed E-state index contributed by atoms with van der Waals surface area (Å²) in [6.07, 6.45) is -4.47. The fourth-order valence-corrected chi connectivity index (χ4v) is 2.28. The van der Waals surface area contributed by atoms with Crippen LogP contribution in [0.15, 0.2) is 46.9 Å². The number of rotatable bonds is 2. The van der Waals surface area contributed by atoms with E-state index in [9.17, 15) is 18.0 Å². The topological polar surface area (TPSA) is 17.1 Å². The number of hydrogen-bond donors (Lipinski definition) is 0. The molecule has 5 heteroatoms. The average Bonchev–Trinajstić information content (AvgIpc) is 2.37. The highest BCUT2D eigenvalue weighted by atomic mass is 79.9. The van der Waals surface area contributed by atoms with Crippen LogP contribution in [0.1, 0.15) is 27.0 Å². The zero-order valence-corrected chi connectivity index (χ0v) is 12.0. The first-order chi connectivity index (χ1) is 9.30. The highest BCUT2D eigenvalue weighted by molar-refractivity contribution is 9.10. The molecule has 0 fully saturated rings. The molecule has 0 amide bonds. The largest absolute Gasteiger partial charge is 0.416 e. The summed E-state index contributed by atoms with van der Waals surface area (Å²) < 4.78 is 38.5. The van der Waals surface area contributed by atoms with Crippen LogP contribution in [0.2, 0.25) is 0 Å². The monoisotopic (exact) mass is 342 g/mol. The van der Waals surface area contributed by atoms with Crippen LogP contribution in [-0.2, 0) is 6.18 Å². The maximum absolute atomic E-state index is 12.7. The molecule has 1 nitrogen and oxygen atoms in total. The van der Waals surface area contributed by atoms with Crippen molar-refractivity contribution in [3.8, 4) is 0 Å². The van der Waals surface area contributed by atoms with Crippen molar-refractivity contribution in [2.75, 3.05) is 0 Å². The van der Waals surface area contributed by atoms with E-state index in [4.69, 9.17) is 0 Å². The standard InChI is InChI=1S/C15H10BrF3O/c1-9-4-2-3-5-11(9)14(20)12-8-10(15(17,18)19)6-7-13(12)16/h2-8H,1H3. The molecule has 0 N–H and O–H groups in total. The highest BCUT2D eigenvalue weighted by Gasteiger charge is 2.31. The Labute approximate surface area is 122 Å². The number of alkyl halides is 3. The third-order valence-electron chi connectivity index (χ3n) is 2.93. The molecule has 0 spiro atoms. The Kier molecular flexibility index (Phi) is 3.99. The molecule has 0 aliphatic carbocycles. The second-order valence-electron chi connectivity index (χ2n) is 4.34. The van der Waals surface area contributed by atoms with E-state index in [0.29, 0.717) is 10.0 Å². The maximum atomic E-state index is 12.7. The van der Waals surface area contributed by atoms with Gasteiger partial charge in [-0.3, -0.25) is 4.79 Å². The number of aryl methyl sites for hydroxylation is 1. The fraction of sp³-hybridized carbons (Fsp3) is 0.133. The zero-order valence-electron chi connectivity index (χ0n) is 10.5. The van der Waals surface area contributed by atoms with Crippen LogP contribution >= 0.6 is 15.9 Å². The van der Waals surface area contributed by atoms with Crippen molar-refractivity contribution in [2.45, 2.75) is 13.1 Å². The molecule has 0 saturated carbocycles. The Bertz CT molecular complexity index is 662. The first kappa shape index (κ1) is 14.8. The molecule has 0 radical (unpaired) electrons. The maximum Gasteiger partial charge on any atom is 0.416 e. The second-order valence-corrected chi connectivity index (χ2v) is 5.19.